The minimum Gasteiger partial charge on any atom is -0.480 e. The Balaban J connectivity index is 3.01. The number of carboxylic acid groups (broad SMARTS) is 1. The minimum absolute atomic E-state index is 0.0109. The molecule has 0 aromatic heterocycles. The van der Waals surface area contributed by atoms with Crippen molar-refractivity contribution in [3.63, 3.8) is 0 Å². The molecule has 0 saturated carbocycles. The van der Waals surface area contributed by atoms with Gasteiger partial charge in [-0.25, -0.2) is 9.59 Å². The van der Waals surface area contributed by atoms with E-state index in [0.717, 1.165) is 0 Å². The Labute approximate surface area is 206 Å². The summed E-state index contributed by atoms with van der Waals surface area (Å²) in [6, 6.07) is -4.37. The van der Waals surface area contributed by atoms with Crippen LogP contribution < -0.4 is 26.6 Å². The summed E-state index contributed by atoms with van der Waals surface area (Å²) >= 11 is 0. The second kappa shape index (κ2) is 14.1. The van der Waals surface area contributed by atoms with Gasteiger partial charge in [0.2, 0.25) is 17.7 Å². The Morgan fingerprint density at radius 3 is 2.11 bits per heavy atom. The number of urea groups is 1. The first-order valence-corrected chi connectivity index (χ1v) is 11.9. The van der Waals surface area contributed by atoms with Gasteiger partial charge in [-0.15, -0.1) is 0 Å². The molecule has 0 aliphatic carbocycles. The quantitative estimate of drug-likeness (QED) is 0.272. The van der Waals surface area contributed by atoms with E-state index in [-0.39, 0.29) is 23.7 Å². The summed E-state index contributed by atoms with van der Waals surface area (Å²) < 4.78 is 0. The van der Waals surface area contributed by atoms with Gasteiger partial charge in [-0.05, 0) is 24.2 Å². The third kappa shape index (κ3) is 10.2. The number of hydrogen-bond acceptors (Lipinski definition) is 5. The highest BCUT2D eigenvalue weighted by atomic mass is 16.4. The van der Waals surface area contributed by atoms with Crippen molar-refractivity contribution in [1.29, 1.82) is 0 Å². The third-order valence-corrected chi connectivity index (χ3v) is 5.46. The molecule has 0 radical (unpaired) electrons. The standard InChI is InChI=1S/C24H39N5O6/c1-13(2)16-10-11-18(30)25-12-8-7-9-17(21(31)26-16)27-22(32)19(14(3)4)28-24(35)29-20(15(5)6)23(33)34/h7,9-11,13-17,19-20H,8,12H2,1-6H3,(H,25,30)(H,26,31)(H,27,32)(H,33,34)(H2,28,29,35)/b9-7+,11-10+/t16-,17-,19+,20+/m0/s1. The summed E-state index contributed by atoms with van der Waals surface area (Å²) in [6.45, 7) is 10.9. The van der Waals surface area contributed by atoms with Gasteiger partial charge in [-0.1, -0.05) is 59.8 Å². The van der Waals surface area contributed by atoms with Crippen molar-refractivity contribution < 1.29 is 29.1 Å². The zero-order valence-corrected chi connectivity index (χ0v) is 21.3. The normalized spacial score (nSPS) is 22.7. The zero-order valence-electron chi connectivity index (χ0n) is 21.3. The highest BCUT2D eigenvalue weighted by Gasteiger charge is 2.30. The number of nitrogens with one attached hydrogen (secondary N) is 5. The number of aliphatic carboxylic acids is 1. The molecule has 0 unspecified atom stereocenters. The molecule has 5 amide bonds. The highest BCUT2D eigenvalue weighted by molar-refractivity contribution is 5.94. The summed E-state index contributed by atoms with van der Waals surface area (Å²) in [7, 11) is 0. The Kier molecular flexibility index (Phi) is 12.0. The van der Waals surface area contributed by atoms with Crippen molar-refractivity contribution >= 4 is 29.7 Å². The van der Waals surface area contributed by atoms with Crippen molar-refractivity contribution in [1.82, 2.24) is 26.6 Å². The van der Waals surface area contributed by atoms with Gasteiger partial charge in [-0.3, -0.25) is 14.4 Å². The molecule has 0 bridgehead atoms. The molecule has 1 aliphatic rings. The summed E-state index contributed by atoms with van der Waals surface area (Å²) in [5, 5.41) is 22.4. The fraction of sp³-hybridized carbons (Fsp3) is 0.625. The fourth-order valence-corrected chi connectivity index (χ4v) is 3.27. The molecule has 11 nitrogen and oxygen atoms in total. The van der Waals surface area contributed by atoms with Crippen molar-refractivity contribution in [2.75, 3.05) is 6.54 Å². The van der Waals surface area contributed by atoms with Gasteiger partial charge >= 0.3 is 12.0 Å². The van der Waals surface area contributed by atoms with Crippen LogP contribution in [-0.4, -0.2) is 65.5 Å². The summed E-state index contributed by atoms with van der Waals surface area (Å²) in [5.41, 5.74) is 0. The predicted molar refractivity (Wildman–Crippen MR) is 131 cm³/mol. The molecule has 11 heteroatoms. The maximum atomic E-state index is 13.1. The van der Waals surface area contributed by atoms with E-state index in [1.165, 1.54) is 6.08 Å². The van der Waals surface area contributed by atoms with Crippen LogP contribution in [-0.2, 0) is 19.2 Å². The maximum Gasteiger partial charge on any atom is 0.326 e. The number of carbonyl (C=O) groups excluding carboxylic acids is 4. The molecule has 0 aromatic rings. The highest BCUT2D eigenvalue weighted by Crippen LogP contribution is 2.08. The summed E-state index contributed by atoms with van der Waals surface area (Å²) in [6.07, 6.45) is 6.66. The Morgan fingerprint density at radius 1 is 0.971 bits per heavy atom. The lowest BCUT2D eigenvalue weighted by molar-refractivity contribution is -0.140. The number of carboxylic acids is 1. The van der Waals surface area contributed by atoms with Crippen LogP contribution in [0, 0.1) is 17.8 Å². The largest absolute Gasteiger partial charge is 0.480 e. The molecule has 0 saturated heterocycles. The first-order valence-electron chi connectivity index (χ1n) is 11.9. The average Bonchev–Trinajstić information content (AvgIpc) is 2.75. The van der Waals surface area contributed by atoms with Gasteiger partial charge in [0.1, 0.15) is 18.1 Å². The Bertz CT molecular complexity index is 836. The van der Waals surface area contributed by atoms with Gasteiger partial charge in [0.15, 0.2) is 0 Å². The van der Waals surface area contributed by atoms with Crippen LogP contribution in [0.4, 0.5) is 4.79 Å². The van der Waals surface area contributed by atoms with E-state index in [1.807, 2.05) is 13.8 Å². The Morgan fingerprint density at radius 2 is 1.57 bits per heavy atom. The van der Waals surface area contributed by atoms with Gasteiger partial charge in [0, 0.05) is 18.7 Å². The van der Waals surface area contributed by atoms with E-state index < -0.39 is 48.0 Å². The van der Waals surface area contributed by atoms with Crippen LogP contribution in [0.2, 0.25) is 0 Å². The average molecular weight is 494 g/mol. The van der Waals surface area contributed by atoms with Crippen LogP contribution in [0.5, 0.6) is 0 Å². The van der Waals surface area contributed by atoms with E-state index >= 15 is 0 Å². The van der Waals surface area contributed by atoms with E-state index in [0.29, 0.717) is 13.0 Å². The van der Waals surface area contributed by atoms with Crippen molar-refractivity contribution in [2.45, 2.75) is 72.1 Å². The molecule has 196 valence electrons. The first-order chi connectivity index (χ1) is 16.3. The van der Waals surface area contributed by atoms with Crippen molar-refractivity contribution in [3.8, 4) is 0 Å². The SMILES string of the molecule is CC(C)[C@@H]1/C=C/C(=O)NCC/C=C/[C@H](NC(=O)[C@H](NC(=O)N[C@@H](C(=O)O)C(C)C)C(C)C)C(=O)N1. The third-order valence-electron chi connectivity index (χ3n) is 5.46. The lowest BCUT2D eigenvalue weighted by Gasteiger charge is -2.27. The van der Waals surface area contributed by atoms with Gasteiger partial charge in [0.25, 0.3) is 0 Å². The smallest absolute Gasteiger partial charge is 0.326 e. The molecule has 1 heterocycles. The van der Waals surface area contributed by atoms with Crippen LogP contribution in [0.3, 0.4) is 0 Å². The van der Waals surface area contributed by atoms with Gasteiger partial charge < -0.3 is 31.7 Å². The molecule has 1 rings (SSSR count). The van der Waals surface area contributed by atoms with E-state index in [9.17, 15) is 29.1 Å². The zero-order chi connectivity index (χ0) is 26.7. The lowest BCUT2D eigenvalue weighted by Crippen LogP contribution is -2.58. The van der Waals surface area contributed by atoms with Crippen LogP contribution in [0.1, 0.15) is 48.0 Å². The van der Waals surface area contributed by atoms with E-state index in [1.54, 1.807) is 45.9 Å². The van der Waals surface area contributed by atoms with Crippen molar-refractivity contribution in [2.24, 2.45) is 17.8 Å². The monoisotopic (exact) mass is 493 g/mol. The molecular weight excluding hydrogens is 454 g/mol. The lowest BCUT2D eigenvalue weighted by atomic mass is 10.0. The Hall–Kier alpha value is -3.37. The van der Waals surface area contributed by atoms with E-state index in [4.69, 9.17) is 0 Å². The topological polar surface area (TPSA) is 166 Å². The maximum absolute atomic E-state index is 13.1. The number of amides is 5. The molecule has 35 heavy (non-hydrogen) atoms. The predicted octanol–water partition coefficient (Wildman–Crippen LogP) is 0.677. The molecule has 0 fully saturated rings. The van der Waals surface area contributed by atoms with Crippen LogP contribution >= 0.6 is 0 Å². The number of carbonyl (C=O) groups is 5. The molecule has 4 atom stereocenters. The molecule has 1 aliphatic heterocycles. The second-order valence-electron chi connectivity index (χ2n) is 9.53. The molecule has 0 aromatic carbocycles. The number of rotatable bonds is 8. The first kappa shape index (κ1) is 29.7. The fourth-order valence-electron chi connectivity index (χ4n) is 3.27. The minimum atomic E-state index is -1.18. The second-order valence-corrected chi connectivity index (χ2v) is 9.53. The van der Waals surface area contributed by atoms with Crippen LogP contribution in [0.15, 0.2) is 24.3 Å². The van der Waals surface area contributed by atoms with Crippen molar-refractivity contribution in [3.05, 3.63) is 24.3 Å². The number of hydrogen-bond donors (Lipinski definition) is 6. The molecule has 0 spiro atoms. The molecular formula is C24H39N5O6. The van der Waals surface area contributed by atoms with Crippen LogP contribution in [0.25, 0.3) is 0 Å². The summed E-state index contributed by atoms with van der Waals surface area (Å²) in [4.78, 5) is 61.7. The van der Waals surface area contributed by atoms with Gasteiger partial charge in [-0.2, -0.15) is 0 Å². The van der Waals surface area contributed by atoms with E-state index in [2.05, 4.69) is 26.6 Å². The molecule has 6 N–H and O–H groups in total. The summed E-state index contributed by atoms with van der Waals surface area (Å²) in [5.74, 6) is -3.20. The van der Waals surface area contributed by atoms with Gasteiger partial charge in [0.05, 0.1) is 0 Å².